The molecule has 2 aromatic heterocycles. The summed E-state index contributed by atoms with van der Waals surface area (Å²) in [7, 11) is 0. The number of aromatic nitrogens is 2. The molecule has 0 radical (unpaired) electrons. The van der Waals surface area contributed by atoms with Gasteiger partial charge in [-0.25, -0.2) is 14.4 Å². The van der Waals surface area contributed by atoms with Crippen LogP contribution in [0.2, 0.25) is 0 Å². The maximum Gasteiger partial charge on any atom is 0.232 e. The first-order valence-electron chi connectivity index (χ1n) is 8.18. The van der Waals surface area contributed by atoms with Crippen LogP contribution in [0.25, 0.3) is 22.7 Å². The van der Waals surface area contributed by atoms with Gasteiger partial charge in [0.15, 0.2) is 5.13 Å². The molecule has 134 valence electrons. The number of nitrogens with zero attached hydrogens (tertiary/aromatic N) is 2. The second-order valence-corrected chi connectivity index (χ2v) is 6.64. The largest absolute Gasteiger partial charge is 0.444 e. The summed E-state index contributed by atoms with van der Waals surface area (Å²) in [5.74, 6) is -0.101. The minimum absolute atomic E-state index is 0.0746. The number of nitrogens with one attached hydrogen (secondary N) is 1. The number of carbonyl (C=O) groups excluding carboxylic acids is 1. The van der Waals surface area contributed by atoms with Gasteiger partial charge in [0.05, 0.1) is 17.8 Å². The quantitative estimate of drug-likeness (QED) is 0.542. The van der Waals surface area contributed by atoms with Crippen molar-refractivity contribution in [3.8, 4) is 22.7 Å². The molecule has 5 nitrogen and oxygen atoms in total. The lowest BCUT2D eigenvalue weighted by Crippen LogP contribution is -2.14. The molecule has 1 amide bonds. The zero-order valence-electron chi connectivity index (χ0n) is 14.1. The van der Waals surface area contributed by atoms with Crippen LogP contribution < -0.4 is 5.32 Å². The maximum atomic E-state index is 13.3. The molecule has 0 saturated carbocycles. The molecule has 0 aliphatic rings. The first-order chi connectivity index (χ1) is 13.2. The van der Waals surface area contributed by atoms with Crippen LogP contribution >= 0.6 is 11.3 Å². The van der Waals surface area contributed by atoms with E-state index in [9.17, 15) is 9.18 Å². The zero-order valence-corrected chi connectivity index (χ0v) is 14.9. The molecule has 4 rings (SSSR count). The van der Waals surface area contributed by atoms with Gasteiger partial charge in [0.2, 0.25) is 11.8 Å². The van der Waals surface area contributed by atoms with Crippen LogP contribution in [-0.2, 0) is 11.2 Å². The molecule has 4 aromatic rings. The van der Waals surface area contributed by atoms with E-state index in [1.54, 1.807) is 17.5 Å². The fourth-order valence-corrected chi connectivity index (χ4v) is 3.28. The average molecular weight is 379 g/mol. The molecule has 0 aliphatic carbocycles. The Balaban J connectivity index is 1.41. The Hall–Kier alpha value is -3.32. The van der Waals surface area contributed by atoms with Crippen molar-refractivity contribution in [3.05, 3.63) is 77.8 Å². The highest BCUT2D eigenvalue weighted by atomic mass is 32.1. The number of rotatable bonds is 5. The van der Waals surface area contributed by atoms with Crippen molar-refractivity contribution in [2.24, 2.45) is 0 Å². The lowest BCUT2D eigenvalue weighted by Gasteiger charge is -1.99. The Kier molecular flexibility index (Phi) is 4.76. The molecule has 0 spiro atoms. The topological polar surface area (TPSA) is 68.0 Å². The predicted molar refractivity (Wildman–Crippen MR) is 102 cm³/mol. The first kappa shape index (κ1) is 17.1. The summed E-state index contributed by atoms with van der Waals surface area (Å²) in [4.78, 5) is 20.9. The summed E-state index contributed by atoms with van der Waals surface area (Å²) in [6.07, 6.45) is 1.55. The van der Waals surface area contributed by atoms with Crippen LogP contribution in [0.3, 0.4) is 0 Å². The molecule has 0 saturated heterocycles. The van der Waals surface area contributed by atoms with E-state index in [1.807, 2.05) is 30.3 Å². The highest BCUT2D eigenvalue weighted by molar-refractivity contribution is 7.14. The summed E-state index contributed by atoms with van der Waals surface area (Å²) in [6, 6.07) is 15.6. The molecule has 27 heavy (non-hydrogen) atoms. The van der Waals surface area contributed by atoms with Crippen molar-refractivity contribution in [2.45, 2.75) is 6.42 Å². The van der Waals surface area contributed by atoms with Gasteiger partial charge in [-0.3, -0.25) is 4.79 Å². The van der Waals surface area contributed by atoms with Gasteiger partial charge in [-0.1, -0.05) is 30.3 Å². The third kappa shape index (κ3) is 4.09. The fourth-order valence-electron chi connectivity index (χ4n) is 2.54. The normalized spacial score (nSPS) is 10.7. The van der Waals surface area contributed by atoms with E-state index >= 15 is 0 Å². The standard InChI is InChI=1S/C20H14FN3O2S/c21-15-8-4-7-14(9-15)17-12-27-20(23-17)24-18(25)10-16-11-26-19(22-16)13-5-2-1-3-6-13/h1-9,11-12H,10H2,(H,23,24,25). The van der Waals surface area contributed by atoms with Crippen molar-refractivity contribution < 1.29 is 13.6 Å². The number of anilines is 1. The number of oxazole rings is 1. The van der Waals surface area contributed by atoms with E-state index in [1.165, 1.54) is 29.7 Å². The first-order valence-corrected chi connectivity index (χ1v) is 9.06. The van der Waals surface area contributed by atoms with Crippen LogP contribution in [0.5, 0.6) is 0 Å². The number of halogens is 1. The summed E-state index contributed by atoms with van der Waals surface area (Å²) in [5, 5.41) is 4.96. The number of thiazole rings is 1. The lowest BCUT2D eigenvalue weighted by atomic mass is 10.2. The minimum Gasteiger partial charge on any atom is -0.444 e. The van der Waals surface area contributed by atoms with Crippen LogP contribution in [0.15, 0.2) is 70.7 Å². The van der Waals surface area contributed by atoms with Crippen molar-refractivity contribution in [2.75, 3.05) is 5.32 Å². The second kappa shape index (κ2) is 7.51. The summed E-state index contributed by atoms with van der Waals surface area (Å²) < 4.78 is 18.8. The second-order valence-electron chi connectivity index (χ2n) is 5.78. The molecule has 7 heteroatoms. The Morgan fingerprint density at radius 3 is 2.70 bits per heavy atom. The van der Waals surface area contributed by atoms with Gasteiger partial charge < -0.3 is 9.73 Å². The van der Waals surface area contributed by atoms with Crippen molar-refractivity contribution >= 4 is 22.4 Å². The van der Waals surface area contributed by atoms with Gasteiger partial charge in [-0.15, -0.1) is 11.3 Å². The maximum absolute atomic E-state index is 13.3. The van der Waals surface area contributed by atoms with E-state index in [0.717, 1.165) is 5.56 Å². The smallest absolute Gasteiger partial charge is 0.232 e. The van der Waals surface area contributed by atoms with E-state index < -0.39 is 0 Å². The van der Waals surface area contributed by atoms with E-state index in [-0.39, 0.29) is 18.1 Å². The Morgan fingerprint density at radius 2 is 1.89 bits per heavy atom. The number of hydrogen-bond acceptors (Lipinski definition) is 5. The van der Waals surface area contributed by atoms with Crippen molar-refractivity contribution in [3.63, 3.8) is 0 Å². The molecule has 0 aliphatic heterocycles. The predicted octanol–water partition coefficient (Wildman–Crippen LogP) is 4.79. The highest BCUT2D eigenvalue weighted by Crippen LogP contribution is 2.25. The van der Waals surface area contributed by atoms with Crippen LogP contribution in [0.1, 0.15) is 5.69 Å². The molecule has 2 heterocycles. The molecule has 2 aromatic carbocycles. The Labute approximate surface area is 158 Å². The number of amides is 1. The number of carbonyl (C=O) groups is 1. The Morgan fingerprint density at radius 1 is 1.07 bits per heavy atom. The third-order valence-electron chi connectivity index (χ3n) is 3.79. The molecule has 0 fully saturated rings. The highest BCUT2D eigenvalue weighted by Gasteiger charge is 2.13. The van der Waals surface area contributed by atoms with Gasteiger partial charge in [-0.2, -0.15) is 0 Å². The summed E-state index contributed by atoms with van der Waals surface area (Å²) in [5.41, 5.74) is 2.66. The summed E-state index contributed by atoms with van der Waals surface area (Å²) in [6.45, 7) is 0. The third-order valence-corrected chi connectivity index (χ3v) is 4.54. The monoisotopic (exact) mass is 379 g/mol. The lowest BCUT2D eigenvalue weighted by molar-refractivity contribution is -0.115. The Bertz CT molecular complexity index is 1080. The number of hydrogen-bond donors (Lipinski definition) is 1. The summed E-state index contributed by atoms with van der Waals surface area (Å²) >= 11 is 1.28. The molecule has 0 bridgehead atoms. The molecular weight excluding hydrogens is 365 g/mol. The zero-order chi connectivity index (χ0) is 18.6. The number of benzene rings is 2. The van der Waals surface area contributed by atoms with Gasteiger partial charge in [-0.05, 0) is 24.3 Å². The van der Waals surface area contributed by atoms with E-state index in [4.69, 9.17) is 4.42 Å². The molecular formula is C20H14FN3O2S. The van der Waals surface area contributed by atoms with E-state index in [0.29, 0.717) is 28.0 Å². The van der Waals surface area contributed by atoms with E-state index in [2.05, 4.69) is 15.3 Å². The molecule has 0 atom stereocenters. The van der Waals surface area contributed by atoms with Crippen LogP contribution in [0, 0.1) is 5.82 Å². The van der Waals surface area contributed by atoms with Gasteiger partial charge in [0.25, 0.3) is 0 Å². The fraction of sp³-hybridized carbons (Fsp3) is 0.0500. The average Bonchev–Trinajstić information content (AvgIpc) is 3.32. The van der Waals surface area contributed by atoms with Gasteiger partial charge in [0.1, 0.15) is 12.1 Å². The SMILES string of the molecule is O=C(Cc1coc(-c2ccccc2)n1)Nc1nc(-c2cccc(F)c2)cs1. The van der Waals surface area contributed by atoms with Gasteiger partial charge >= 0.3 is 0 Å². The van der Waals surface area contributed by atoms with Crippen molar-refractivity contribution in [1.29, 1.82) is 0 Å². The minimum atomic E-state index is -0.327. The molecule has 0 unspecified atom stereocenters. The molecule has 1 N–H and O–H groups in total. The van der Waals surface area contributed by atoms with Crippen LogP contribution in [0.4, 0.5) is 9.52 Å². The van der Waals surface area contributed by atoms with Crippen molar-refractivity contribution in [1.82, 2.24) is 9.97 Å². The van der Waals surface area contributed by atoms with Crippen LogP contribution in [-0.4, -0.2) is 15.9 Å². The van der Waals surface area contributed by atoms with Gasteiger partial charge in [0, 0.05) is 16.5 Å².